The molecular weight excluding hydrogens is 158 g/mol. The maximum absolute atomic E-state index is 11.0. The largest absolute Gasteiger partial charge is 0.309 e. The van der Waals surface area contributed by atoms with Crippen LogP contribution in [0.2, 0.25) is 0 Å². The number of allylic oxidation sites excluding steroid dienone is 1. The van der Waals surface area contributed by atoms with Crippen molar-refractivity contribution in [3.05, 3.63) is 23.3 Å². The van der Waals surface area contributed by atoms with Crippen LogP contribution in [0.5, 0.6) is 0 Å². The van der Waals surface area contributed by atoms with E-state index in [2.05, 4.69) is 18.7 Å². The average molecular weight is 167 g/mol. The molecule has 2 nitrogen and oxygen atoms in total. The van der Waals surface area contributed by atoms with Gasteiger partial charge in [0.25, 0.3) is 0 Å². The Labute approximate surface area is 71.0 Å². The first-order chi connectivity index (χ1) is 5.33. The van der Waals surface area contributed by atoms with Crippen LogP contribution in [0, 0.1) is 0 Å². The summed E-state index contributed by atoms with van der Waals surface area (Å²) in [7, 11) is 0. The van der Waals surface area contributed by atoms with Crippen molar-refractivity contribution in [1.29, 1.82) is 0 Å². The van der Waals surface area contributed by atoms with E-state index in [0.29, 0.717) is 6.04 Å². The fourth-order valence-electron chi connectivity index (χ4n) is 1.61. The van der Waals surface area contributed by atoms with Crippen LogP contribution in [0.25, 0.3) is 0 Å². The van der Waals surface area contributed by atoms with E-state index in [0.717, 1.165) is 18.5 Å². The Morgan fingerprint density at radius 1 is 1.73 bits per heavy atom. The standard InChI is InChI=1S/C8H9NOS/c10-8-5-7-2-1-6(3-4-11)9(7)8/h1,3-4,7,11H,2,5H2/b4-3+/t7-/m1/s1. The van der Waals surface area contributed by atoms with Crippen molar-refractivity contribution in [2.45, 2.75) is 18.9 Å². The lowest BCUT2D eigenvalue weighted by atomic mass is 10.0. The van der Waals surface area contributed by atoms with E-state index in [1.54, 1.807) is 5.41 Å². The van der Waals surface area contributed by atoms with Gasteiger partial charge in [0, 0.05) is 18.2 Å². The van der Waals surface area contributed by atoms with Crippen molar-refractivity contribution in [3.63, 3.8) is 0 Å². The topological polar surface area (TPSA) is 20.3 Å². The summed E-state index contributed by atoms with van der Waals surface area (Å²) in [6.45, 7) is 0. The monoisotopic (exact) mass is 167 g/mol. The number of fused-ring (bicyclic) bond motifs is 1. The molecule has 2 aliphatic rings. The maximum Gasteiger partial charge on any atom is 0.229 e. The molecule has 0 N–H and O–H groups in total. The molecule has 1 atom stereocenters. The molecule has 0 aromatic heterocycles. The zero-order valence-electron chi connectivity index (χ0n) is 6.03. The Morgan fingerprint density at radius 3 is 3.18 bits per heavy atom. The minimum absolute atomic E-state index is 0.241. The number of rotatable bonds is 1. The highest BCUT2D eigenvalue weighted by atomic mass is 32.1. The normalized spacial score (nSPS) is 28.8. The van der Waals surface area contributed by atoms with Crippen molar-refractivity contribution >= 4 is 18.5 Å². The molecule has 2 aliphatic heterocycles. The summed E-state index contributed by atoms with van der Waals surface area (Å²) < 4.78 is 0. The van der Waals surface area contributed by atoms with Crippen LogP contribution in [0.15, 0.2) is 23.3 Å². The second kappa shape index (κ2) is 2.41. The first-order valence-electron chi connectivity index (χ1n) is 3.66. The van der Waals surface area contributed by atoms with E-state index >= 15 is 0 Å². The summed E-state index contributed by atoms with van der Waals surface area (Å²) in [5.74, 6) is 0.241. The third-order valence-electron chi connectivity index (χ3n) is 2.17. The molecule has 0 radical (unpaired) electrons. The van der Waals surface area contributed by atoms with Crippen molar-refractivity contribution in [1.82, 2.24) is 4.90 Å². The van der Waals surface area contributed by atoms with Crippen molar-refractivity contribution in [2.75, 3.05) is 0 Å². The number of carbonyl (C=O) groups is 1. The van der Waals surface area contributed by atoms with Gasteiger partial charge >= 0.3 is 0 Å². The molecule has 58 valence electrons. The highest BCUT2D eigenvalue weighted by Gasteiger charge is 2.40. The number of hydrogen-bond donors (Lipinski definition) is 1. The number of amides is 1. The molecule has 0 unspecified atom stereocenters. The molecule has 11 heavy (non-hydrogen) atoms. The molecule has 1 fully saturated rings. The van der Waals surface area contributed by atoms with Crippen LogP contribution in [0.1, 0.15) is 12.8 Å². The summed E-state index contributed by atoms with van der Waals surface area (Å²) in [6.07, 6.45) is 5.68. The van der Waals surface area contributed by atoms with Gasteiger partial charge in [-0.2, -0.15) is 12.6 Å². The van der Waals surface area contributed by atoms with Crippen LogP contribution < -0.4 is 0 Å². The zero-order valence-corrected chi connectivity index (χ0v) is 6.92. The highest BCUT2D eigenvalue weighted by Crippen LogP contribution is 2.33. The van der Waals surface area contributed by atoms with E-state index in [-0.39, 0.29) is 5.91 Å². The van der Waals surface area contributed by atoms with Crippen molar-refractivity contribution < 1.29 is 4.79 Å². The van der Waals surface area contributed by atoms with Gasteiger partial charge in [-0.15, -0.1) is 0 Å². The average Bonchev–Trinajstić information content (AvgIpc) is 2.26. The van der Waals surface area contributed by atoms with E-state index in [4.69, 9.17) is 0 Å². The first kappa shape index (κ1) is 6.98. The lowest BCUT2D eigenvalue weighted by Gasteiger charge is -2.35. The molecule has 1 amide bonds. The number of carbonyl (C=O) groups excluding carboxylic acids is 1. The second-order valence-electron chi connectivity index (χ2n) is 2.80. The lowest BCUT2D eigenvalue weighted by Crippen LogP contribution is -2.48. The molecule has 0 aromatic rings. The molecule has 3 heteroatoms. The summed E-state index contributed by atoms with van der Waals surface area (Å²) in [5, 5.41) is 1.67. The fraction of sp³-hybridized carbons (Fsp3) is 0.375. The summed E-state index contributed by atoms with van der Waals surface area (Å²) in [6, 6.07) is 0.460. The highest BCUT2D eigenvalue weighted by molar-refractivity contribution is 7.83. The second-order valence-corrected chi connectivity index (χ2v) is 3.10. The minimum Gasteiger partial charge on any atom is -0.309 e. The van der Waals surface area contributed by atoms with Crippen LogP contribution in [-0.2, 0) is 4.79 Å². The number of β-lactam (4-membered cyclic amide) rings is 1. The molecule has 0 spiro atoms. The van der Waals surface area contributed by atoms with Gasteiger partial charge in [-0.1, -0.05) is 6.08 Å². The SMILES string of the molecule is O=C1C[C@H]2CC=C(/C=C/S)N12. The van der Waals surface area contributed by atoms with Gasteiger partial charge in [-0.25, -0.2) is 0 Å². The van der Waals surface area contributed by atoms with Crippen LogP contribution in [-0.4, -0.2) is 16.8 Å². The quantitative estimate of drug-likeness (QED) is 0.461. The van der Waals surface area contributed by atoms with Crippen LogP contribution >= 0.6 is 12.6 Å². The molecule has 2 heterocycles. The van der Waals surface area contributed by atoms with Gasteiger partial charge in [-0.05, 0) is 17.9 Å². The summed E-state index contributed by atoms with van der Waals surface area (Å²) in [4.78, 5) is 12.9. The Bertz CT molecular complexity index is 257. The lowest BCUT2D eigenvalue weighted by molar-refractivity contribution is -0.140. The molecule has 0 aromatic carbocycles. The van der Waals surface area contributed by atoms with E-state index < -0.39 is 0 Å². The van der Waals surface area contributed by atoms with Gasteiger partial charge in [0.15, 0.2) is 0 Å². The third kappa shape index (κ3) is 0.913. The predicted octanol–water partition coefficient (Wildman–Crippen LogP) is 1.32. The van der Waals surface area contributed by atoms with E-state index in [1.807, 2.05) is 11.0 Å². The number of hydrogen-bond acceptors (Lipinski definition) is 2. The van der Waals surface area contributed by atoms with Gasteiger partial charge in [0.2, 0.25) is 5.91 Å². The molecule has 0 aliphatic carbocycles. The van der Waals surface area contributed by atoms with Gasteiger partial charge in [0.05, 0.1) is 0 Å². The third-order valence-corrected chi connectivity index (χ3v) is 2.32. The smallest absolute Gasteiger partial charge is 0.229 e. The van der Waals surface area contributed by atoms with Gasteiger partial charge in [0.1, 0.15) is 0 Å². The Hall–Kier alpha value is -0.700. The summed E-state index contributed by atoms with van der Waals surface area (Å²) in [5.41, 5.74) is 1.02. The Balaban J connectivity index is 2.17. The molecular formula is C8H9NOS. The predicted molar refractivity (Wildman–Crippen MR) is 46.1 cm³/mol. The minimum atomic E-state index is 0.241. The van der Waals surface area contributed by atoms with Gasteiger partial charge in [-0.3, -0.25) is 4.79 Å². The number of nitrogens with zero attached hydrogens (tertiary/aromatic N) is 1. The number of thiol groups is 1. The van der Waals surface area contributed by atoms with E-state index in [1.165, 1.54) is 0 Å². The fourth-order valence-corrected chi connectivity index (χ4v) is 1.76. The maximum atomic E-state index is 11.0. The first-order valence-corrected chi connectivity index (χ1v) is 4.17. The van der Waals surface area contributed by atoms with Crippen molar-refractivity contribution in [3.8, 4) is 0 Å². The Kier molecular flexibility index (Phi) is 1.53. The Morgan fingerprint density at radius 2 is 2.55 bits per heavy atom. The zero-order chi connectivity index (χ0) is 7.84. The van der Waals surface area contributed by atoms with E-state index in [9.17, 15) is 4.79 Å². The summed E-state index contributed by atoms with van der Waals surface area (Å²) >= 11 is 3.96. The molecule has 0 bridgehead atoms. The van der Waals surface area contributed by atoms with Crippen molar-refractivity contribution in [2.24, 2.45) is 0 Å². The molecule has 2 rings (SSSR count). The molecule has 0 saturated carbocycles. The molecule has 1 saturated heterocycles. The van der Waals surface area contributed by atoms with Crippen LogP contribution in [0.3, 0.4) is 0 Å². The van der Waals surface area contributed by atoms with Crippen LogP contribution in [0.4, 0.5) is 0 Å². The van der Waals surface area contributed by atoms with Gasteiger partial charge < -0.3 is 4.90 Å².